The van der Waals surface area contributed by atoms with E-state index in [1.165, 1.54) is 11.1 Å². The maximum atomic E-state index is 12.4. The minimum Gasteiger partial charge on any atom is -0.362 e. The summed E-state index contributed by atoms with van der Waals surface area (Å²) in [4.78, 5) is 12.4. The molecule has 1 amide bonds. The maximum absolute atomic E-state index is 12.4. The summed E-state index contributed by atoms with van der Waals surface area (Å²) in [7, 11) is 0. The number of rotatable bonds is 0. The van der Waals surface area contributed by atoms with Gasteiger partial charge in [0.15, 0.2) is 0 Å². The molecule has 3 nitrogen and oxygen atoms in total. The van der Waals surface area contributed by atoms with E-state index in [-0.39, 0.29) is 11.6 Å². The van der Waals surface area contributed by atoms with E-state index >= 15 is 0 Å². The minimum atomic E-state index is -0.361. The van der Waals surface area contributed by atoms with Gasteiger partial charge in [-0.3, -0.25) is 4.79 Å². The molecule has 2 aromatic carbocycles. The maximum Gasteiger partial charge on any atom is 0.255 e. The number of amides is 1. The van der Waals surface area contributed by atoms with Crippen molar-refractivity contribution in [2.24, 2.45) is 0 Å². The van der Waals surface area contributed by atoms with Crippen LogP contribution in [-0.4, -0.2) is 11.6 Å². The van der Waals surface area contributed by atoms with E-state index in [9.17, 15) is 4.79 Å². The van der Waals surface area contributed by atoms with E-state index in [4.69, 9.17) is 0 Å². The van der Waals surface area contributed by atoms with Crippen LogP contribution in [0.2, 0.25) is 0 Å². The van der Waals surface area contributed by atoms with Gasteiger partial charge in [0.25, 0.3) is 5.91 Å². The van der Waals surface area contributed by atoms with Gasteiger partial charge in [0.2, 0.25) is 0 Å². The van der Waals surface area contributed by atoms with E-state index in [1.54, 1.807) is 0 Å². The molecule has 0 unspecified atom stereocenters. The Morgan fingerprint density at radius 3 is 2.40 bits per heavy atom. The Balaban J connectivity index is 1.75. The van der Waals surface area contributed by atoms with Crippen LogP contribution in [0, 0.1) is 3.57 Å². The second-order valence-electron chi connectivity index (χ2n) is 5.47. The van der Waals surface area contributed by atoms with Gasteiger partial charge in [-0.15, -0.1) is 0 Å². The quantitative estimate of drug-likeness (QED) is 0.695. The van der Waals surface area contributed by atoms with Crippen LogP contribution in [0.3, 0.4) is 0 Å². The highest BCUT2D eigenvalue weighted by Crippen LogP contribution is 2.35. The van der Waals surface area contributed by atoms with Crippen LogP contribution in [-0.2, 0) is 12.8 Å². The number of benzene rings is 2. The number of nitrogens with one attached hydrogen (secondary N) is 2. The van der Waals surface area contributed by atoms with E-state index < -0.39 is 0 Å². The van der Waals surface area contributed by atoms with Crippen molar-refractivity contribution in [3.63, 3.8) is 0 Å². The van der Waals surface area contributed by atoms with E-state index in [0.717, 1.165) is 27.7 Å². The molecule has 1 spiro atoms. The highest BCUT2D eigenvalue weighted by molar-refractivity contribution is 14.1. The monoisotopic (exact) mass is 376 g/mol. The topological polar surface area (TPSA) is 41.1 Å². The average molecular weight is 376 g/mol. The Morgan fingerprint density at radius 2 is 1.70 bits per heavy atom. The van der Waals surface area contributed by atoms with Crippen LogP contribution in [0.4, 0.5) is 5.69 Å². The second kappa shape index (κ2) is 4.22. The summed E-state index contributed by atoms with van der Waals surface area (Å²) in [5.41, 5.74) is 3.93. The van der Waals surface area contributed by atoms with Gasteiger partial charge in [-0.1, -0.05) is 24.3 Å². The fourth-order valence-corrected chi connectivity index (χ4v) is 3.67. The van der Waals surface area contributed by atoms with Crippen molar-refractivity contribution in [1.82, 2.24) is 5.32 Å². The summed E-state index contributed by atoms with van der Waals surface area (Å²) in [6, 6.07) is 14.3. The third-order valence-corrected chi connectivity index (χ3v) is 4.73. The predicted octanol–water partition coefficient (Wildman–Crippen LogP) is 2.94. The van der Waals surface area contributed by atoms with E-state index in [0.29, 0.717) is 0 Å². The third-order valence-electron chi connectivity index (χ3n) is 4.06. The van der Waals surface area contributed by atoms with Gasteiger partial charge in [0.1, 0.15) is 5.66 Å². The third kappa shape index (κ3) is 1.82. The Kier molecular flexibility index (Phi) is 2.57. The van der Waals surface area contributed by atoms with Gasteiger partial charge in [0, 0.05) is 22.1 Å². The molecule has 0 atom stereocenters. The van der Waals surface area contributed by atoms with E-state index in [2.05, 4.69) is 57.5 Å². The van der Waals surface area contributed by atoms with Crippen LogP contribution in [0.25, 0.3) is 0 Å². The zero-order chi connectivity index (χ0) is 13.7. The number of halogens is 1. The molecule has 100 valence electrons. The Hall–Kier alpha value is -1.56. The number of anilines is 1. The van der Waals surface area contributed by atoms with Crippen molar-refractivity contribution in [1.29, 1.82) is 0 Å². The number of carbonyl (C=O) groups is 1. The lowest BCUT2D eigenvalue weighted by atomic mass is 9.99. The number of hydrogen-bond donors (Lipinski definition) is 2. The summed E-state index contributed by atoms with van der Waals surface area (Å²) < 4.78 is 1.07. The molecule has 2 aromatic rings. The van der Waals surface area contributed by atoms with Crippen molar-refractivity contribution in [3.8, 4) is 0 Å². The number of fused-ring (bicyclic) bond motifs is 2. The van der Waals surface area contributed by atoms with Crippen molar-refractivity contribution in [2.75, 3.05) is 5.32 Å². The zero-order valence-electron chi connectivity index (χ0n) is 10.7. The first-order valence-electron chi connectivity index (χ1n) is 6.62. The van der Waals surface area contributed by atoms with Gasteiger partial charge >= 0.3 is 0 Å². The number of hydrogen-bond acceptors (Lipinski definition) is 2. The van der Waals surface area contributed by atoms with Crippen LogP contribution in [0.1, 0.15) is 21.5 Å². The fraction of sp³-hybridized carbons (Fsp3) is 0.188. The Morgan fingerprint density at radius 1 is 1.00 bits per heavy atom. The molecule has 2 aliphatic rings. The predicted molar refractivity (Wildman–Crippen MR) is 86.8 cm³/mol. The minimum absolute atomic E-state index is 0.0186. The van der Waals surface area contributed by atoms with Crippen molar-refractivity contribution < 1.29 is 4.79 Å². The molecule has 20 heavy (non-hydrogen) atoms. The molecular formula is C16H13IN2O. The Bertz CT molecular complexity index is 701. The first-order chi connectivity index (χ1) is 9.65. The molecule has 0 bridgehead atoms. The lowest BCUT2D eigenvalue weighted by molar-refractivity contribution is 0.0904. The lowest BCUT2D eigenvalue weighted by Gasteiger charge is -2.37. The number of carbonyl (C=O) groups excluding carboxylic acids is 1. The van der Waals surface area contributed by atoms with Crippen molar-refractivity contribution >= 4 is 34.2 Å². The molecule has 4 rings (SSSR count). The first kappa shape index (κ1) is 12.2. The summed E-state index contributed by atoms with van der Waals surface area (Å²) in [6.07, 6.45) is 1.67. The molecule has 0 aromatic heterocycles. The van der Waals surface area contributed by atoms with E-state index in [1.807, 2.05) is 18.2 Å². The van der Waals surface area contributed by atoms with Crippen LogP contribution in [0.15, 0.2) is 42.5 Å². The van der Waals surface area contributed by atoms with Crippen LogP contribution < -0.4 is 10.6 Å². The van der Waals surface area contributed by atoms with Gasteiger partial charge in [-0.05, 0) is 51.9 Å². The molecule has 1 aliphatic carbocycles. The SMILES string of the molecule is O=C1NC2(Cc3ccccc3C2)Nc2ccc(I)cc21. The van der Waals surface area contributed by atoms with Gasteiger partial charge < -0.3 is 10.6 Å². The molecule has 0 radical (unpaired) electrons. The highest BCUT2D eigenvalue weighted by atomic mass is 127. The normalized spacial score (nSPS) is 18.1. The molecular weight excluding hydrogens is 363 g/mol. The van der Waals surface area contributed by atoms with Gasteiger partial charge in [-0.25, -0.2) is 0 Å². The molecule has 4 heteroatoms. The molecule has 0 saturated carbocycles. The molecule has 0 saturated heterocycles. The fourth-order valence-electron chi connectivity index (χ4n) is 3.18. The van der Waals surface area contributed by atoms with Gasteiger partial charge in [-0.2, -0.15) is 0 Å². The summed E-state index contributed by atoms with van der Waals surface area (Å²) in [5.74, 6) is 0.0186. The van der Waals surface area contributed by atoms with Crippen LogP contribution in [0.5, 0.6) is 0 Å². The zero-order valence-corrected chi connectivity index (χ0v) is 12.9. The standard InChI is InChI=1S/C16H13IN2O/c17-12-5-6-14-13(7-12)15(20)19-16(18-14)8-10-3-1-2-4-11(10)9-16/h1-7,18H,8-9H2,(H,19,20). The smallest absolute Gasteiger partial charge is 0.255 e. The lowest BCUT2D eigenvalue weighted by Crippen LogP contribution is -2.58. The molecule has 2 N–H and O–H groups in total. The van der Waals surface area contributed by atoms with Gasteiger partial charge in [0.05, 0.1) is 5.56 Å². The largest absolute Gasteiger partial charge is 0.362 e. The summed E-state index contributed by atoms with van der Waals surface area (Å²) in [6.45, 7) is 0. The summed E-state index contributed by atoms with van der Waals surface area (Å²) in [5, 5.41) is 6.71. The molecule has 0 fully saturated rings. The first-order valence-corrected chi connectivity index (χ1v) is 7.70. The highest BCUT2D eigenvalue weighted by Gasteiger charge is 2.42. The molecule has 1 heterocycles. The van der Waals surface area contributed by atoms with Crippen molar-refractivity contribution in [3.05, 3.63) is 62.7 Å². The second-order valence-corrected chi connectivity index (χ2v) is 6.72. The van der Waals surface area contributed by atoms with Crippen molar-refractivity contribution in [2.45, 2.75) is 18.5 Å². The molecule has 1 aliphatic heterocycles. The average Bonchev–Trinajstić information content (AvgIpc) is 2.77. The Labute approximate surface area is 130 Å². The van der Waals surface area contributed by atoms with Crippen LogP contribution >= 0.6 is 22.6 Å². The summed E-state index contributed by atoms with van der Waals surface area (Å²) >= 11 is 2.23.